The zero-order valence-corrected chi connectivity index (χ0v) is 16.3. The number of nitrogens with zero attached hydrogens (tertiary/aromatic N) is 5. The van der Waals surface area contributed by atoms with E-state index >= 15 is 0 Å². The molecule has 26 heavy (non-hydrogen) atoms. The van der Waals surface area contributed by atoms with Gasteiger partial charge in [0.05, 0.1) is 16.6 Å². The molecule has 2 aromatic heterocycles. The fourth-order valence-electron chi connectivity index (χ4n) is 3.22. The number of aromatic nitrogens is 4. The summed E-state index contributed by atoms with van der Waals surface area (Å²) in [6.07, 6.45) is 0. The monoisotopic (exact) mass is 368 g/mol. The second-order valence-corrected chi connectivity index (χ2v) is 8.73. The first-order valence-corrected chi connectivity index (χ1v) is 10.1. The molecule has 136 valence electrons. The third-order valence-electron chi connectivity index (χ3n) is 4.53. The fourth-order valence-corrected chi connectivity index (χ4v) is 4.12. The standard InChI is InChI=1S/C19H24N6S/c1-19(2,3)25-16(20)14-15(13-7-5-4-6-8-13)21-18(22-17(14)23-25)24-9-11-26-12-10-24/h4-8H,9-12,20H2,1-3H3. The Hall–Kier alpha value is -2.28. The van der Waals surface area contributed by atoms with Crippen LogP contribution in [0.25, 0.3) is 22.3 Å². The minimum Gasteiger partial charge on any atom is -0.383 e. The van der Waals surface area contributed by atoms with Gasteiger partial charge >= 0.3 is 0 Å². The topological polar surface area (TPSA) is 72.9 Å². The van der Waals surface area contributed by atoms with E-state index in [9.17, 15) is 0 Å². The lowest BCUT2D eigenvalue weighted by atomic mass is 10.1. The summed E-state index contributed by atoms with van der Waals surface area (Å²) in [6.45, 7) is 8.19. The predicted molar refractivity (Wildman–Crippen MR) is 110 cm³/mol. The van der Waals surface area contributed by atoms with Crippen molar-refractivity contribution in [1.82, 2.24) is 19.7 Å². The number of rotatable bonds is 2. The van der Waals surface area contributed by atoms with Crippen LogP contribution in [-0.4, -0.2) is 44.3 Å². The van der Waals surface area contributed by atoms with Gasteiger partial charge in [0.2, 0.25) is 5.95 Å². The van der Waals surface area contributed by atoms with E-state index in [2.05, 4.69) is 37.8 Å². The Labute approximate surface area is 157 Å². The Morgan fingerprint density at radius 3 is 2.38 bits per heavy atom. The van der Waals surface area contributed by atoms with Gasteiger partial charge in [-0.25, -0.2) is 9.67 Å². The van der Waals surface area contributed by atoms with E-state index in [0.717, 1.165) is 47.2 Å². The van der Waals surface area contributed by atoms with E-state index in [1.807, 2.05) is 34.6 Å². The lowest BCUT2D eigenvalue weighted by molar-refractivity contribution is 0.364. The second-order valence-electron chi connectivity index (χ2n) is 7.50. The van der Waals surface area contributed by atoms with Crippen LogP contribution in [0.5, 0.6) is 0 Å². The van der Waals surface area contributed by atoms with Crippen molar-refractivity contribution in [1.29, 1.82) is 0 Å². The number of fused-ring (bicyclic) bond motifs is 1. The highest BCUT2D eigenvalue weighted by Crippen LogP contribution is 2.34. The average Bonchev–Trinajstić information content (AvgIpc) is 3.00. The molecule has 0 saturated carbocycles. The molecule has 4 rings (SSSR count). The number of nitrogen functional groups attached to an aromatic ring is 1. The van der Waals surface area contributed by atoms with Gasteiger partial charge in [-0.05, 0) is 20.8 Å². The Kier molecular flexibility index (Phi) is 4.26. The summed E-state index contributed by atoms with van der Waals surface area (Å²) in [5.41, 5.74) is 8.83. The minimum atomic E-state index is -0.222. The van der Waals surface area contributed by atoms with Gasteiger partial charge in [-0.3, -0.25) is 0 Å². The van der Waals surface area contributed by atoms with Crippen LogP contribution in [0.15, 0.2) is 30.3 Å². The van der Waals surface area contributed by atoms with Crippen molar-refractivity contribution in [2.24, 2.45) is 0 Å². The van der Waals surface area contributed by atoms with E-state index in [1.165, 1.54) is 0 Å². The van der Waals surface area contributed by atoms with Gasteiger partial charge < -0.3 is 10.6 Å². The molecule has 3 heterocycles. The maximum atomic E-state index is 6.50. The largest absolute Gasteiger partial charge is 0.383 e. The van der Waals surface area contributed by atoms with Crippen molar-refractivity contribution in [3.63, 3.8) is 0 Å². The SMILES string of the molecule is CC(C)(C)n1nc2nc(N3CCSCC3)nc(-c3ccccc3)c2c1N. The Bertz CT molecular complexity index is 923. The number of thioether (sulfide) groups is 1. The molecule has 6 nitrogen and oxygen atoms in total. The molecular formula is C19H24N6S. The van der Waals surface area contributed by atoms with Crippen molar-refractivity contribution in [3.05, 3.63) is 30.3 Å². The van der Waals surface area contributed by atoms with Crippen molar-refractivity contribution in [2.75, 3.05) is 35.2 Å². The van der Waals surface area contributed by atoms with E-state index in [1.54, 1.807) is 0 Å². The molecule has 7 heteroatoms. The summed E-state index contributed by atoms with van der Waals surface area (Å²) in [6, 6.07) is 10.2. The highest BCUT2D eigenvalue weighted by Gasteiger charge is 2.25. The smallest absolute Gasteiger partial charge is 0.228 e. The first-order chi connectivity index (χ1) is 12.4. The number of nitrogens with two attached hydrogens (primary N) is 1. The van der Waals surface area contributed by atoms with Crippen LogP contribution in [0, 0.1) is 0 Å². The molecule has 0 unspecified atom stereocenters. The maximum Gasteiger partial charge on any atom is 0.228 e. The lowest BCUT2D eigenvalue weighted by Gasteiger charge is -2.26. The molecule has 1 aliphatic heterocycles. The van der Waals surface area contributed by atoms with E-state index in [0.29, 0.717) is 11.5 Å². The molecule has 3 aromatic rings. The van der Waals surface area contributed by atoms with Gasteiger partial charge in [-0.2, -0.15) is 16.7 Å². The van der Waals surface area contributed by atoms with Crippen LogP contribution < -0.4 is 10.6 Å². The third-order valence-corrected chi connectivity index (χ3v) is 5.48. The van der Waals surface area contributed by atoms with Gasteiger partial charge in [0, 0.05) is 30.2 Å². The molecule has 1 fully saturated rings. The molecule has 0 radical (unpaired) electrons. The van der Waals surface area contributed by atoms with Crippen LogP contribution >= 0.6 is 11.8 Å². The van der Waals surface area contributed by atoms with Gasteiger partial charge in [0.1, 0.15) is 5.82 Å². The third kappa shape index (κ3) is 3.00. The summed E-state index contributed by atoms with van der Waals surface area (Å²) in [7, 11) is 0. The number of hydrogen-bond donors (Lipinski definition) is 1. The zero-order chi connectivity index (χ0) is 18.3. The van der Waals surface area contributed by atoms with Gasteiger partial charge in [-0.15, -0.1) is 5.10 Å². The lowest BCUT2D eigenvalue weighted by Crippen LogP contribution is -2.33. The zero-order valence-electron chi connectivity index (χ0n) is 15.4. The normalized spacial score (nSPS) is 15.6. The first kappa shape index (κ1) is 17.1. The van der Waals surface area contributed by atoms with Gasteiger partial charge in [0.15, 0.2) is 5.65 Å². The molecule has 0 amide bonds. The second kappa shape index (κ2) is 6.46. The number of hydrogen-bond acceptors (Lipinski definition) is 6. The van der Waals surface area contributed by atoms with Crippen LogP contribution in [-0.2, 0) is 5.54 Å². The Morgan fingerprint density at radius 2 is 1.73 bits per heavy atom. The Balaban J connectivity index is 1.96. The first-order valence-electron chi connectivity index (χ1n) is 8.90. The summed E-state index contributed by atoms with van der Waals surface area (Å²) in [4.78, 5) is 11.9. The fraction of sp³-hybridized carbons (Fsp3) is 0.421. The van der Waals surface area contributed by atoms with Crippen LogP contribution in [0.3, 0.4) is 0 Å². The molecule has 1 aromatic carbocycles. The summed E-state index contributed by atoms with van der Waals surface area (Å²) in [5.74, 6) is 3.56. The average molecular weight is 369 g/mol. The van der Waals surface area contributed by atoms with Crippen molar-refractivity contribution in [3.8, 4) is 11.3 Å². The molecule has 0 atom stereocenters. The van der Waals surface area contributed by atoms with Crippen molar-refractivity contribution < 1.29 is 0 Å². The summed E-state index contributed by atoms with van der Waals surface area (Å²) in [5, 5.41) is 5.57. The van der Waals surface area contributed by atoms with Crippen LogP contribution in [0.2, 0.25) is 0 Å². The van der Waals surface area contributed by atoms with Crippen molar-refractivity contribution >= 4 is 34.6 Å². The van der Waals surface area contributed by atoms with Crippen molar-refractivity contribution in [2.45, 2.75) is 26.3 Å². The molecule has 0 bridgehead atoms. The number of anilines is 2. The Morgan fingerprint density at radius 1 is 1.04 bits per heavy atom. The molecule has 1 aliphatic rings. The highest BCUT2D eigenvalue weighted by atomic mass is 32.2. The maximum absolute atomic E-state index is 6.50. The molecule has 0 spiro atoms. The quantitative estimate of drug-likeness (QED) is 0.747. The summed E-state index contributed by atoms with van der Waals surface area (Å²) < 4.78 is 1.86. The van der Waals surface area contributed by atoms with E-state index in [-0.39, 0.29) is 5.54 Å². The van der Waals surface area contributed by atoms with Gasteiger partial charge in [0.25, 0.3) is 0 Å². The number of benzene rings is 1. The summed E-state index contributed by atoms with van der Waals surface area (Å²) >= 11 is 1.97. The van der Waals surface area contributed by atoms with Crippen LogP contribution in [0.4, 0.5) is 11.8 Å². The minimum absolute atomic E-state index is 0.222. The highest BCUT2D eigenvalue weighted by molar-refractivity contribution is 7.99. The predicted octanol–water partition coefficient (Wildman–Crippen LogP) is 3.38. The molecule has 2 N–H and O–H groups in total. The molecular weight excluding hydrogens is 344 g/mol. The van der Waals surface area contributed by atoms with E-state index in [4.69, 9.17) is 20.8 Å². The van der Waals surface area contributed by atoms with E-state index < -0.39 is 0 Å². The molecule has 0 aliphatic carbocycles. The van der Waals surface area contributed by atoms with Crippen LogP contribution in [0.1, 0.15) is 20.8 Å². The van der Waals surface area contributed by atoms with Gasteiger partial charge in [-0.1, -0.05) is 30.3 Å². The molecule has 1 saturated heterocycles.